The standard InChI is InChI=1S/C12H20N6O2S/c1-3-13-10(19)8-12(21)14-11-9-18(15-20-11)17-6-4-16(2)5-7-17/h9H,3-8H2,1-2H3,(H-,13,14,15,19,21)/p+1. The largest absolute Gasteiger partial charge is 0.356 e. The number of hydrogen-bond donors (Lipinski definition) is 2. The van der Waals surface area contributed by atoms with Gasteiger partial charge in [0.15, 0.2) is 0 Å². The molecule has 0 spiro atoms. The minimum atomic E-state index is -0.110. The van der Waals surface area contributed by atoms with Crippen LogP contribution >= 0.6 is 12.2 Å². The molecule has 1 aromatic heterocycles. The van der Waals surface area contributed by atoms with Gasteiger partial charge < -0.3 is 15.5 Å². The average molecular weight is 313 g/mol. The van der Waals surface area contributed by atoms with Crippen LogP contribution in [-0.2, 0) is 4.79 Å². The van der Waals surface area contributed by atoms with Crippen molar-refractivity contribution < 1.29 is 14.1 Å². The summed E-state index contributed by atoms with van der Waals surface area (Å²) in [5.74, 6) is 0.324. The van der Waals surface area contributed by atoms with Gasteiger partial charge in [0, 0.05) is 19.6 Å². The van der Waals surface area contributed by atoms with Crippen LogP contribution in [0, 0.1) is 0 Å². The van der Waals surface area contributed by atoms with Gasteiger partial charge >= 0.3 is 5.88 Å². The Morgan fingerprint density at radius 2 is 2.19 bits per heavy atom. The second kappa shape index (κ2) is 7.32. The molecule has 21 heavy (non-hydrogen) atoms. The summed E-state index contributed by atoms with van der Waals surface area (Å²) >= 11 is 5.12. The monoisotopic (exact) mass is 313 g/mol. The van der Waals surface area contributed by atoms with Crippen molar-refractivity contribution in [2.75, 3.05) is 50.1 Å². The SMILES string of the molecule is CCNC(=O)CC(=S)Nc1c[n+](N2CCN(C)CC2)no1. The third-order valence-electron chi connectivity index (χ3n) is 3.18. The van der Waals surface area contributed by atoms with Gasteiger partial charge in [-0.25, -0.2) is 0 Å². The van der Waals surface area contributed by atoms with Gasteiger partial charge in [-0.3, -0.25) is 9.32 Å². The molecule has 0 radical (unpaired) electrons. The molecule has 0 atom stereocenters. The summed E-state index contributed by atoms with van der Waals surface area (Å²) in [6.07, 6.45) is 1.87. The van der Waals surface area contributed by atoms with E-state index in [2.05, 4.69) is 32.9 Å². The van der Waals surface area contributed by atoms with Crippen molar-refractivity contribution in [3.63, 3.8) is 0 Å². The molecule has 116 valence electrons. The third-order valence-corrected chi connectivity index (χ3v) is 3.43. The first kappa shape index (κ1) is 15.6. The predicted octanol–water partition coefficient (Wildman–Crippen LogP) is -0.889. The second-order valence-electron chi connectivity index (χ2n) is 4.92. The fourth-order valence-corrected chi connectivity index (χ4v) is 2.25. The maximum absolute atomic E-state index is 11.4. The Bertz CT molecular complexity index is 498. The molecule has 0 aliphatic carbocycles. The average Bonchev–Trinajstić information content (AvgIpc) is 2.88. The van der Waals surface area contributed by atoms with E-state index in [0.717, 1.165) is 26.2 Å². The maximum atomic E-state index is 11.4. The number of rotatable bonds is 5. The Morgan fingerprint density at radius 3 is 2.86 bits per heavy atom. The maximum Gasteiger partial charge on any atom is 0.304 e. The molecule has 8 nitrogen and oxygen atoms in total. The van der Waals surface area contributed by atoms with Crippen LogP contribution in [0.5, 0.6) is 0 Å². The Morgan fingerprint density at radius 1 is 1.48 bits per heavy atom. The van der Waals surface area contributed by atoms with Crippen molar-refractivity contribution in [1.82, 2.24) is 15.5 Å². The predicted molar refractivity (Wildman–Crippen MR) is 81.7 cm³/mol. The fourth-order valence-electron chi connectivity index (χ4n) is 2.01. The van der Waals surface area contributed by atoms with Gasteiger partial charge in [-0.2, -0.15) is 5.01 Å². The highest BCUT2D eigenvalue weighted by molar-refractivity contribution is 7.80. The minimum Gasteiger partial charge on any atom is -0.356 e. The van der Waals surface area contributed by atoms with Gasteiger partial charge in [-0.05, 0) is 14.0 Å². The lowest BCUT2D eigenvalue weighted by atomic mass is 10.4. The number of thiocarbonyl (C=S) groups is 1. The summed E-state index contributed by atoms with van der Waals surface area (Å²) in [5.41, 5.74) is 0. The number of hydrogen-bond acceptors (Lipinski definition) is 6. The highest BCUT2D eigenvalue weighted by Gasteiger charge is 2.24. The van der Waals surface area contributed by atoms with Gasteiger partial charge in [-0.15, -0.1) is 0 Å². The van der Waals surface area contributed by atoms with E-state index in [4.69, 9.17) is 16.7 Å². The highest BCUT2D eigenvalue weighted by atomic mass is 32.1. The summed E-state index contributed by atoms with van der Waals surface area (Å²) in [7, 11) is 2.09. The summed E-state index contributed by atoms with van der Waals surface area (Å²) in [4.78, 5) is 15.8. The van der Waals surface area contributed by atoms with Gasteiger partial charge in [0.25, 0.3) is 6.20 Å². The molecule has 1 aliphatic rings. The summed E-state index contributed by atoms with van der Waals surface area (Å²) in [5, 5.41) is 11.6. The van der Waals surface area contributed by atoms with Crippen LogP contribution in [0.3, 0.4) is 0 Å². The zero-order chi connectivity index (χ0) is 15.2. The Balaban J connectivity index is 1.85. The number of nitrogens with zero attached hydrogens (tertiary/aromatic N) is 4. The van der Waals surface area contributed by atoms with Crippen LogP contribution in [0.1, 0.15) is 13.3 Å². The molecular weight excluding hydrogens is 292 g/mol. The Hall–Kier alpha value is -1.74. The second-order valence-corrected chi connectivity index (χ2v) is 5.41. The van der Waals surface area contributed by atoms with Gasteiger partial charge in [0.05, 0.1) is 29.3 Å². The van der Waals surface area contributed by atoms with Crippen molar-refractivity contribution in [2.45, 2.75) is 13.3 Å². The molecule has 0 bridgehead atoms. The van der Waals surface area contributed by atoms with Gasteiger partial charge in [-0.1, -0.05) is 12.2 Å². The molecule has 1 saturated heterocycles. The summed E-state index contributed by atoms with van der Waals surface area (Å²) in [6.45, 7) is 6.19. The fraction of sp³-hybridized carbons (Fsp3) is 0.667. The van der Waals surface area contributed by atoms with Crippen LogP contribution in [-0.4, -0.2) is 60.8 Å². The van der Waals surface area contributed by atoms with Crippen LogP contribution in [0.4, 0.5) is 5.88 Å². The minimum absolute atomic E-state index is 0.110. The molecule has 9 heteroatoms. The molecule has 0 aromatic carbocycles. The van der Waals surface area contributed by atoms with E-state index in [-0.39, 0.29) is 12.3 Å². The lowest BCUT2D eigenvalue weighted by molar-refractivity contribution is -0.759. The number of carbonyl (C=O) groups is 1. The number of piperazine rings is 1. The van der Waals surface area contributed by atoms with E-state index in [1.54, 1.807) is 11.0 Å². The molecule has 2 N–H and O–H groups in total. The Labute approximate surface area is 129 Å². The molecule has 0 unspecified atom stereocenters. The van der Waals surface area contributed by atoms with Crippen LogP contribution in [0.2, 0.25) is 0 Å². The number of nitrogens with one attached hydrogen (secondary N) is 2. The topological polar surface area (TPSA) is 77.5 Å². The smallest absolute Gasteiger partial charge is 0.304 e. The molecule has 2 heterocycles. The number of aromatic nitrogens is 2. The first-order valence-corrected chi connectivity index (χ1v) is 7.38. The number of likely N-dealkylation sites (N-methyl/N-ethyl adjacent to an activating group) is 1. The van der Waals surface area contributed by atoms with Crippen molar-refractivity contribution in [1.29, 1.82) is 0 Å². The molecule has 2 rings (SSSR count). The lowest BCUT2D eigenvalue weighted by Gasteiger charge is -2.26. The normalized spacial score (nSPS) is 15.8. The molecule has 1 fully saturated rings. The van der Waals surface area contributed by atoms with E-state index in [9.17, 15) is 4.79 Å². The van der Waals surface area contributed by atoms with Crippen molar-refractivity contribution in [3.8, 4) is 0 Å². The van der Waals surface area contributed by atoms with Crippen LogP contribution in [0.25, 0.3) is 0 Å². The van der Waals surface area contributed by atoms with Gasteiger partial charge in [0.2, 0.25) is 11.2 Å². The van der Waals surface area contributed by atoms with Crippen LogP contribution in [0.15, 0.2) is 10.7 Å². The molecule has 0 saturated carbocycles. The van der Waals surface area contributed by atoms with Crippen molar-refractivity contribution in [3.05, 3.63) is 6.20 Å². The van der Waals surface area contributed by atoms with E-state index in [1.165, 1.54) is 0 Å². The number of anilines is 1. The first-order valence-electron chi connectivity index (χ1n) is 6.97. The molecule has 1 amide bonds. The van der Waals surface area contributed by atoms with Gasteiger partial charge in [0.1, 0.15) is 0 Å². The first-order chi connectivity index (χ1) is 10.1. The number of carbonyl (C=O) groups excluding carboxylic acids is 1. The van der Waals surface area contributed by atoms with Crippen molar-refractivity contribution >= 4 is 29.0 Å². The van der Waals surface area contributed by atoms with Crippen molar-refractivity contribution in [2.24, 2.45) is 0 Å². The Kier molecular flexibility index (Phi) is 5.45. The zero-order valence-electron chi connectivity index (χ0n) is 12.3. The summed E-state index contributed by atoms with van der Waals surface area (Å²) in [6, 6.07) is 0. The molecule has 1 aliphatic heterocycles. The molecular formula is C12H21N6O2S+. The van der Waals surface area contributed by atoms with Crippen LogP contribution < -0.4 is 20.4 Å². The van der Waals surface area contributed by atoms with E-state index in [1.807, 2.05) is 6.92 Å². The zero-order valence-corrected chi connectivity index (χ0v) is 13.2. The van der Waals surface area contributed by atoms with E-state index < -0.39 is 0 Å². The quantitative estimate of drug-likeness (QED) is 0.539. The summed E-state index contributed by atoms with van der Waals surface area (Å²) < 4.78 is 5.18. The lowest BCUT2D eigenvalue weighted by Crippen LogP contribution is -2.64. The van der Waals surface area contributed by atoms with E-state index in [0.29, 0.717) is 17.4 Å². The highest BCUT2D eigenvalue weighted by Crippen LogP contribution is 2.03. The molecule has 1 aromatic rings. The number of amides is 1. The third kappa shape index (κ3) is 4.64. The van der Waals surface area contributed by atoms with E-state index >= 15 is 0 Å².